The molecular formula is C25H18N2O2S. The largest absolute Gasteiger partial charge is 0.343 e. The highest BCUT2D eigenvalue weighted by atomic mass is 32.2. The molecule has 3 aromatic carbocycles. The van der Waals surface area contributed by atoms with E-state index in [9.17, 15) is 9.59 Å². The Morgan fingerprint density at radius 2 is 1.60 bits per heavy atom. The van der Waals surface area contributed by atoms with Gasteiger partial charge in [0.15, 0.2) is 0 Å². The first-order valence-corrected chi connectivity index (χ1v) is 10.4. The third-order valence-corrected chi connectivity index (χ3v) is 6.09. The van der Waals surface area contributed by atoms with Gasteiger partial charge >= 0.3 is 0 Å². The van der Waals surface area contributed by atoms with Crippen LogP contribution in [0.1, 0.15) is 5.56 Å². The van der Waals surface area contributed by atoms with Gasteiger partial charge in [0.2, 0.25) is 0 Å². The molecule has 1 fully saturated rings. The van der Waals surface area contributed by atoms with Crippen molar-refractivity contribution in [1.29, 1.82) is 0 Å². The van der Waals surface area contributed by atoms with Gasteiger partial charge in [0.25, 0.3) is 11.1 Å². The number of nitrogens with zero attached hydrogens (tertiary/aromatic N) is 2. The number of carbonyl (C=O) groups excluding carboxylic acids is 2. The fourth-order valence-corrected chi connectivity index (χ4v) is 4.55. The first kappa shape index (κ1) is 18.5. The van der Waals surface area contributed by atoms with Gasteiger partial charge in [-0.25, -0.2) is 4.90 Å². The van der Waals surface area contributed by atoms with Gasteiger partial charge in [-0.2, -0.15) is 0 Å². The second-order valence-electron chi connectivity index (χ2n) is 7.11. The Balaban J connectivity index is 1.57. The van der Waals surface area contributed by atoms with Gasteiger partial charge in [0, 0.05) is 18.1 Å². The maximum Gasteiger partial charge on any atom is 0.298 e. The van der Waals surface area contributed by atoms with E-state index in [2.05, 4.69) is 35.4 Å². The van der Waals surface area contributed by atoms with Crippen LogP contribution in [0.25, 0.3) is 22.0 Å². The summed E-state index contributed by atoms with van der Waals surface area (Å²) in [5.41, 5.74) is 5.13. The number of imide groups is 1. The highest BCUT2D eigenvalue weighted by molar-refractivity contribution is 8.18. The molecule has 0 unspecified atom stereocenters. The molecular weight excluding hydrogens is 392 g/mol. The third kappa shape index (κ3) is 3.04. The van der Waals surface area contributed by atoms with Crippen molar-refractivity contribution in [2.45, 2.75) is 6.54 Å². The van der Waals surface area contributed by atoms with Crippen LogP contribution in [-0.2, 0) is 11.3 Å². The molecule has 0 spiro atoms. The van der Waals surface area contributed by atoms with Gasteiger partial charge < -0.3 is 4.57 Å². The van der Waals surface area contributed by atoms with Crippen LogP contribution in [0, 0.1) is 0 Å². The van der Waals surface area contributed by atoms with Gasteiger partial charge in [0.1, 0.15) is 0 Å². The zero-order valence-electron chi connectivity index (χ0n) is 16.1. The normalized spacial score (nSPS) is 14.1. The number of fused-ring (bicyclic) bond motifs is 1. The molecule has 0 aliphatic carbocycles. The minimum absolute atomic E-state index is 0.258. The van der Waals surface area contributed by atoms with Crippen LogP contribution >= 0.6 is 11.8 Å². The topological polar surface area (TPSA) is 42.3 Å². The molecule has 30 heavy (non-hydrogen) atoms. The lowest BCUT2D eigenvalue weighted by Crippen LogP contribution is -2.27. The van der Waals surface area contributed by atoms with Crippen LogP contribution < -0.4 is 4.90 Å². The Hall–Kier alpha value is -3.57. The molecule has 0 bridgehead atoms. The van der Waals surface area contributed by atoms with Crippen molar-refractivity contribution in [1.82, 2.24) is 4.57 Å². The summed E-state index contributed by atoms with van der Waals surface area (Å²) in [6.07, 6.45) is 2.00. The standard InChI is InChI=1S/C25H18N2O2S/c1-17-24(28)27(25(29)30-17)23-13-7-12-22-21(23)14-15-26(22)16-19-10-5-6-11-20(19)18-8-3-2-4-9-18/h2-15H,1,16H2. The SMILES string of the molecule is C=C1SC(=O)N(c2cccc3c2ccn3Cc2ccccc2-c2ccccc2)C1=O. The summed E-state index contributed by atoms with van der Waals surface area (Å²) in [7, 11) is 0. The van der Waals surface area contributed by atoms with Crippen molar-refractivity contribution < 1.29 is 9.59 Å². The van der Waals surface area contributed by atoms with Crippen molar-refractivity contribution >= 4 is 39.5 Å². The predicted octanol–water partition coefficient (Wildman–Crippen LogP) is 6.07. The van der Waals surface area contributed by atoms with E-state index in [0.717, 1.165) is 22.7 Å². The molecule has 1 aliphatic heterocycles. The molecule has 2 heterocycles. The Labute approximate surface area is 178 Å². The predicted molar refractivity (Wildman–Crippen MR) is 123 cm³/mol. The minimum Gasteiger partial charge on any atom is -0.343 e. The molecule has 0 atom stereocenters. The molecule has 5 heteroatoms. The fourth-order valence-electron chi connectivity index (χ4n) is 3.89. The number of carbonyl (C=O) groups is 2. The van der Waals surface area contributed by atoms with E-state index in [-0.39, 0.29) is 16.1 Å². The van der Waals surface area contributed by atoms with E-state index in [1.165, 1.54) is 21.6 Å². The zero-order chi connectivity index (χ0) is 20.7. The Bertz CT molecular complexity index is 1310. The maximum atomic E-state index is 12.4. The average molecular weight is 410 g/mol. The second-order valence-corrected chi connectivity index (χ2v) is 8.15. The van der Waals surface area contributed by atoms with Crippen LogP contribution in [-0.4, -0.2) is 15.7 Å². The van der Waals surface area contributed by atoms with E-state index in [0.29, 0.717) is 12.2 Å². The summed E-state index contributed by atoms with van der Waals surface area (Å²) in [6.45, 7) is 4.37. The Kier molecular flexibility index (Phi) is 4.52. The Morgan fingerprint density at radius 1 is 0.833 bits per heavy atom. The third-order valence-electron chi connectivity index (χ3n) is 5.31. The van der Waals surface area contributed by atoms with E-state index in [4.69, 9.17) is 0 Å². The van der Waals surface area contributed by atoms with Gasteiger partial charge in [0.05, 0.1) is 16.1 Å². The molecule has 2 amide bonds. The second kappa shape index (κ2) is 7.35. The highest BCUT2D eigenvalue weighted by Gasteiger charge is 2.36. The molecule has 1 aromatic heterocycles. The van der Waals surface area contributed by atoms with Gasteiger partial charge in [-0.3, -0.25) is 9.59 Å². The summed E-state index contributed by atoms with van der Waals surface area (Å²) in [5, 5.41) is 0.561. The van der Waals surface area contributed by atoms with Crippen molar-refractivity contribution in [3.8, 4) is 11.1 Å². The number of anilines is 1. The maximum absolute atomic E-state index is 12.4. The van der Waals surface area contributed by atoms with Crippen LogP contribution in [0.4, 0.5) is 10.5 Å². The van der Waals surface area contributed by atoms with Crippen molar-refractivity contribution in [3.05, 3.63) is 102 Å². The molecule has 4 aromatic rings. The number of aromatic nitrogens is 1. The lowest BCUT2D eigenvalue weighted by atomic mass is 10.00. The number of amides is 2. The number of rotatable bonds is 4. The molecule has 5 rings (SSSR count). The van der Waals surface area contributed by atoms with Crippen LogP contribution in [0.5, 0.6) is 0 Å². The zero-order valence-corrected chi connectivity index (χ0v) is 16.9. The smallest absolute Gasteiger partial charge is 0.298 e. The minimum atomic E-state index is -0.348. The van der Waals surface area contributed by atoms with Gasteiger partial charge in [-0.15, -0.1) is 0 Å². The van der Waals surface area contributed by atoms with Gasteiger partial charge in [-0.1, -0.05) is 67.2 Å². The molecule has 146 valence electrons. The van der Waals surface area contributed by atoms with Crippen molar-refractivity contribution in [2.24, 2.45) is 0 Å². The number of hydrogen-bond acceptors (Lipinski definition) is 3. The highest BCUT2D eigenvalue weighted by Crippen LogP contribution is 2.37. The Morgan fingerprint density at radius 3 is 2.37 bits per heavy atom. The molecule has 4 nitrogen and oxygen atoms in total. The number of benzene rings is 3. The summed E-state index contributed by atoms with van der Waals surface area (Å²) in [6, 6.07) is 26.3. The molecule has 0 N–H and O–H groups in total. The molecule has 1 aliphatic rings. The lowest BCUT2D eigenvalue weighted by Gasteiger charge is -2.15. The van der Waals surface area contributed by atoms with Gasteiger partial charge in [-0.05, 0) is 46.7 Å². The summed E-state index contributed by atoms with van der Waals surface area (Å²) in [5.74, 6) is -0.348. The van der Waals surface area contributed by atoms with E-state index in [1.54, 1.807) is 6.07 Å². The number of thioether (sulfide) groups is 1. The van der Waals surface area contributed by atoms with E-state index in [1.807, 2.05) is 54.7 Å². The first-order valence-electron chi connectivity index (χ1n) is 9.60. The molecule has 1 saturated heterocycles. The van der Waals surface area contributed by atoms with Crippen molar-refractivity contribution in [3.63, 3.8) is 0 Å². The summed E-state index contributed by atoms with van der Waals surface area (Å²) < 4.78 is 2.15. The van der Waals surface area contributed by atoms with E-state index < -0.39 is 0 Å². The lowest BCUT2D eigenvalue weighted by molar-refractivity contribution is -0.113. The van der Waals surface area contributed by atoms with Crippen molar-refractivity contribution in [2.75, 3.05) is 4.90 Å². The average Bonchev–Trinajstić information content (AvgIpc) is 3.29. The fraction of sp³-hybridized carbons (Fsp3) is 0.0400. The molecule has 0 radical (unpaired) electrons. The number of hydrogen-bond donors (Lipinski definition) is 0. The van der Waals surface area contributed by atoms with Crippen LogP contribution in [0.15, 0.2) is 96.5 Å². The van der Waals surface area contributed by atoms with E-state index >= 15 is 0 Å². The summed E-state index contributed by atoms with van der Waals surface area (Å²) in [4.78, 5) is 26.3. The monoisotopic (exact) mass is 410 g/mol. The first-order chi connectivity index (χ1) is 14.6. The van der Waals surface area contributed by atoms with Crippen LogP contribution in [0.2, 0.25) is 0 Å². The molecule has 0 saturated carbocycles. The quantitative estimate of drug-likeness (QED) is 0.384. The van der Waals surface area contributed by atoms with Crippen LogP contribution in [0.3, 0.4) is 0 Å². The summed E-state index contributed by atoms with van der Waals surface area (Å²) >= 11 is 0.885.